The zero-order chi connectivity index (χ0) is 22.0. The van der Waals surface area contributed by atoms with E-state index in [2.05, 4.69) is 27.0 Å². The van der Waals surface area contributed by atoms with E-state index < -0.39 is 0 Å². The molecule has 7 nitrogen and oxygen atoms in total. The molecule has 4 fully saturated rings. The van der Waals surface area contributed by atoms with Gasteiger partial charge in [0.05, 0.1) is 13.2 Å². The lowest BCUT2D eigenvalue weighted by Gasteiger charge is -2.55. The molecule has 4 saturated carbocycles. The van der Waals surface area contributed by atoms with Crippen molar-refractivity contribution in [3.63, 3.8) is 0 Å². The molecule has 1 N–H and O–H groups in total. The maximum atomic E-state index is 13.3. The second-order valence-electron chi connectivity index (χ2n) is 9.80. The molecule has 0 spiro atoms. The average Bonchev–Trinajstić information content (AvgIpc) is 3.10. The fraction of sp³-hybridized carbons (Fsp3) is 0.826. The number of esters is 1. The van der Waals surface area contributed by atoms with Gasteiger partial charge in [0, 0.05) is 12.0 Å². The molecule has 1 amide bonds. The molecule has 1 aromatic rings. The van der Waals surface area contributed by atoms with Crippen molar-refractivity contribution in [2.75, 3.05) is 6.61 Å². The minimum absolute atomic E-state index is 0.154. The molecule has 31 heavy (non-hydrogen) atoms. The number of carbonyl (C=O) groups is 2. The van der Waals surface area contributed by atoms with Gasteiger partial charge >= 0.3 is 5.97 Å². The molecule has 1 atom stereocenters. The van der Waals surface area contributed by atoms with Crippen molar-refractivity contribution >= 4 is 23.6 Å². The number of nitrogens with zero attached hydrogens (tertiary/aromatic N) is 3. The van der Waals surface area contributed by atoms with E-state index in [0.717, 1.165) is 62.2 Å². The number of ether oxygens (including phenoxy) is 1. The third-order valence-corrected chi connectivity index (χ3v) is 8.42. The van der Waals surface area contributed by atoms with Crippen LogP contribution >= 0.6 is 11.8 Å². The molecule has 4 aliphatic carbocycles. The van der Waals surface area contributed by atoms with Crippen LogP contribution in [0.15, 0.2) is 5.16 Å². The van der Waals surface area contributed by atoms with Gasteiger partial charge in [-0.2, -0.15) is 0 Å². The minimum Gasteiger partial charge on any atom is -0.465 e. The Morgan fingerprint density at radius 1 is 1.16 bits per heavy atom. The Hall–Kier alpha value is -1.57. The first-order valence-corrected chi connectivity index (χ1v) is 12.9. The fourth-order valence-corrected chi connectivity index (χ4v) is 7.17. The first-order valence-electron chi connectivity index (χ1n) is 12.0. The van der Waals surface area contributed by atoms with Crippen molar-refractivity contribution in [2.45, 2.75) is 95.6 Å². The highest BCUT2D eigenvalue weighted by molar-refractivity contribution is 8.00. The van der Waals surface area contributed by atoms with E-state index in [1.54, 1.807) is 0 Å². The number of amides is 1. The van der Waals surface area contributed by atoms with Gasteiger partial charge in [-0.05, 0) is 76.5 Å². The molecule has 8 heteroatoms. The summed E-state index contributed by atoms with van der Waals surface area (Å²) in [6.45, 7) is 7.33. The lowest BCUT2D eigenvalue weighted by molar-refractivity contribution is -0.146. The predicted molar refractivity (Wildman–Crippen MR) is 119 cm³/mol. The molecule has 5 rings (SSSR count). The summed E-state index contributed by atoms with van der Waals surface area (Å²) in [4.78, 5) is 25.3. The van der Waals surface area contributed by atoms with E-state index in [4.69, 9.17) is 4.74 Å². The quantitative estimate of drug-likeness (QED) is 0.431. The van der Waals surface area contributed by atoms with E-state index in [0.29, 0.717) is 18.3 Å². The Bertz CT molecular complexity index is 773. The zero-order valence-corrected chi connectivity index (χ0v) is 19.9. The molecule has 0 radical (unpaired) electrons. The van der Waals surface area contributed by atoms with Gasteiger partial charge in [0.25, 0.3) is 0 Å². The van der Waals surface area contributed by atoms with E-state index in [9.17, 15) is 9.59 Å². The molecule has 4 bridgehead atoms. The van der Waals surface area contributed by atoms with Gasteiger partial charge in [-0.1, -0.05) is 25.1 Å². The van der Waals surface area contributed by atoms with Crippen molar-refractivity contribution < 1.29 is 14.3 Å². The average molecular weight is 449 g/mol. The number of thioether (sulfide) groups is 1. The zero-order valence-electron chi connectivity index (χ0n) is 19.1. The predicted octanol–water partition coefficient (Wildman–Crippen LogP) is 3.95. The van der Waals surface area contributed by atoms with Gasteiger partial charge in [-0.25, -0.2) is 0 Å². The molecule has 1 aromatic heterocycles. The summed E-state index contributed by atoms with van der Waals surface area (Å²) in [7, 11) is 0. The summed E-state index contributed by atoms with van der Waals surface area (Å²) in [6.07, 6.45) is 9.22. The largest absolute Gasteiger partial charge is 0.465 e. The first kappa shape index (κ1) is 22.6. The topological polar surface area (TPSA) is 86.1 Å². The summed E-state index contributed by atoms with van der Waals surface area (Å²) in [5, 5.41) is 12.3. The summed E-state index contributed by atoms with van der Waals surface area (Å²) < 4.78 is 7.18. The summed E-state index contributed by atoms with van der Waals surface area (Å²) in [5.41, 5.74) is -0.154. The van der Waals surface area contributed by atoms with Gasteiger partial charge in [0.15, 0.2) is 11.0 Å². The van der Waals surface area contributed by atoms with Crippen LogP contribution in [0.2, 0.25) is 0 Å². The smallest absolute Gasteiger partial charge is 0.319 e. The number of unbranched alkanes of at least 4 members (excludes halogenated alkanes) is 1. The van der Waals surface area contributed by atoms with Crippen LogP contribution in [-0.4, -0.2) is 38.5 Å². The van der Waals surface area contributed by atoms with Crippen molar-refractivity contribution in [1.82, 2.24) is 20.1 Å². The highest BCUT2D eigenvalue weighted by Gasteiger charge is 2.54. The van der Waals surface area contributed by atoms with Crippen molar-refractivity contribution in [3.05, 3.63) is 5.82 Å². The third kappa shape index (κ3) is 4.78. The maximum absolute atomic E-state index is 13.3. The van der Waals surface area contributed by atoms with Crippen molar-refractivity contribution in [1.29, 1.82) is 0 Å². The third-order valence-electron chi connectivity index (χ3n) is 7.36. The Morgan fingerprint density at radius 3 is 2.39 bits per heavy atom. The lowest BCUT2D eigenvalue weighted by atomic mass is 9.49. The van der Waals surface area contributed by atoms with Gasteiger partial charge < -0.3 is 14.6 Å². The molecule has 4 aliphatic rings. The maximum Gasteiger partial charge on any atom is 0.319 e. The summed E-state index contributed by atoms with van der Waals surface area (Å²) in [5.74, 6) is 2.98. The number of hydrogen-bond acceptors (Lipinski definition) is 6. The number of rotatable bonds is 10. The normalized spacial score (nSPS) is 29.7. The van der Waals surface area contributed by atoms with Gasteiger partial charge in [0.2, 0.25) is 5.91 Å². The molecule has 1 heterocycles. The van der Waals surface area contributed by atoms with E-state index >= 15 is 0 Å². The standard InChI is InChI=1S/C23H36N4O3S/c1-4-6-7-27-19(25-26-22(27)31-15(3)20(28)30-5-2)14-24-21(29)23-11-16-8-17(12-23)10-18(9-16)13-23/h15-18H,4-14H2,1-3H3,(H,24,29)/t15-,16?,17?,18?,23?/m0/s1. The van der Waals surface area contributed by atoms with Crippen molar-refractivity contribution in [2.24, 2.45) is 23.2 Å². The molecular formula is C23H36N4O3S. The first-order chi connectivity index (χ1) is 14.9. The SMILES string of the molecule is CCCCn1c(CNC(=O)C23CC4CC(CC(C4)C2)C3)nnc1S[C@@H](C)C(=O)OCC. The summed E-state index contributed by atoms with van der Waals surface area (Å²) in [6, 6.07) is 0. The number of hydrogen-bond donors (Lipinski definition) is 1. The van der Waals surface area contributed by atoms with Crippen LogP contribution < -0.4 is 5.32 Å². The van der Waals surface area contributed by atoms with Crippen LogP contribution in [0, 0.1) is 23.2 Å². The van der Waals surface area contributed by atoms with Crippen LogP contribution in [0.4, 0.5) is 0 Å². The Morgan fingerprint density at radius 2 is 1.81 bits per heavy atom. The molecule has 0 aromatic carbocycles. The van der Waals surface area contributed by atoms with Crippen molar-refractivity contribution in [3.8, 4) is 0 Å². The number of carbonyl (C=O) groups excluding carboxylic acids is 2. The van der Waals surface area contributed by atoms with E-state index in [-0.39, 0.29) is 22.5 Å². The Balaban J connectivity index is 1.42. The summed E-state index contributed by atoms with van der Waals surface area (Å²) >= 11 is 1.37. The highest BCUT2D eigenvalue weighted by atomic mass is 32.2. The minimum atomic E-state index is -0.348. The lowest BCUT2D eigenvalue weighted by Crippen LogP contribution is -2.53. The molecule has 0 unspecified atom stereocenters. The highest BCUT2D eigenvalue weighted by Crippen LogP contribution is 2.60. The molecule has 0 saturated heterocycles. The number of nitrogens with one attached hydrogen (secondary N) is 1. The van der Waals surface area contributed by atoms with Gasteiger partial charge in [-0.3, -0.25) is 9.59 Å². The Kier molecular flexibility index (Phi) is 6.94. The Labute approximate surface area is 189 Å². The molecular weight excluding hydrogens is 412 g/mol. The second-order valence-corrected chi connectivity index (χ2v) is 11.1. The van der Waals surface area contributed by atoms with E-state index in [1.807, 2.05) is 13.8 Å². The van der Waals surface area contributed by atoms with Gasteiger partial charge in [-0.15, -0.1) is 10.2 Å². The van der Waals surface area contributed by atoms with Crippen LogP contribution in [0.1, 0.15) is 78.0 Å². The van der Waals surface area contributed by atoms with Gasteiger partial charge in [0.1, 0.15) is 5.25 Å². The monoisotopic (exact) mass is 448 g/mol. The van der Waals surface area contributed by atoms with Crippen LogP contribution in [0.25, 0.3) is 0 Å². The van der Waals surface area contributed by atoms with E-state index in [1.165, 1.54) is 31.0 Å². The van der Waals surface area contributed by atoms with Crippen LogP contribution in [0.3, 0.4) is 0 Å². The molecule has 0 aliphatic heterocycles. The number of aromatic nitrogens is 3. The molecule has 172 valence electrons. The fourth-order valence-electron chi connectivity index (χ4n) is 6.28. The van der Waals surface area contributed by atoms with Crippen LogP contribution in [-0.2, 0) is 27.4 Å². The second kappa shape index (κ2) is 9.51. The van der Waals surface area contributed by atoms with Crippen LogP contribution in [0.5, 0.6) is 0 Å².